The van der Waals surface area contributed by atoms with E-state index in [-0.39, 0.29) is 18.0 Å². The van der Waals surface area contributed by atoms with Gasteiger partial charge in [0, 0.05) is 24.6 Å². The minimum atomic E-state index is -1.12. The Labute approximate surface area is 155 Å². The molecule has 0 saturated carbocycles. The van der Waals surface area contributed by atoms with Gasteiger partial charge in [-0.2, -0.15) is 0 Å². The highest BCUT2D eigenvalue weighted by molar-refractivity contribution is 5.74. The zero-order chi connectivity index (χ0) is 18.7. The SMILES string of the molecule is Cc1cccn2c(=O)c3c(nc12)N1CCc2ccccc2[C@H]1[C@@H](C(=O)[O-])C3. The summed E-state index contributed by atoms with van der Waals surface area (Å²) in [5.74, 6) is -1.29. The van der Waals surface area contributed by atoms with Gasteiger partial charge in [-0.3, -0.25) is 9.20 Å². The van der Waals surface area contributed by atoms with Crippen molar-refractivity contribution < 1.29 is 9.90 Å². The number of aliphatic carboxylic acids is 1. The maximum absolute atomic E-state index is 13.1. The molecule has 6 heteroatoms. The van der Waals surface area contributed by atoms with Crippen LogP contribution in [0.3, 0.4) is 0 Å². The number of carboxylic acids is 1. The van der Waals surface area contributed by atoms with Gasteiger partial charge >= 0.3 is 0 Å². The predicted molar refractivity (Wildman–Crippen MR) is 98.6 cm³/mol. The number of hydrogen-bond donors (Lipinski definition) is 0. The molecule has 5 rings (SSSR count). The lowest BCUT2D eigenvalue weighted by Crippen LogP contribution is -2.51. The molecule has 0 spiro atoms. The summed E-state index contributed by atoms with van der Waals surface area (Å²) in [6, 6.07) is 11.3. The molecule has 136 valence electrons. The molecule has 27 heavy (non-hydrogen) atoms. The van der Waals surface area contributed by atoms with Crippen LogP contribution in [0.5, 0.6) is 0 Å². The fraction of sp³-hybridized carbons (Fsp3) is 0.286. The van der Waals surface area contributed by atoms with Crippen molar-refractivity contribution in [3.63, 3.8) is 0 Å². The molecule has 2 aliphatic rings. The molecule has 0 bridgehead atoms. The third kappa shape index (κ3) is 2.22. The van der Waals surface area contributed by atoms with Crippen molar-refractivity contribution in [1.82, 2.24) is 9.38 Å². The van der Waals surface area contributed by atoms with Gasteiger partial charge in [-0.25, -0.2) is 4.98 Å². The molecular weight excluding hydrogens is 342 g/mol. The van der Waals surface area contributed by atoms with Crippen LogP contribution < -0.4 is 15.6 Å². The molecular formula is C21H18N3O3-. The first-order chi connectivity index (χ1) is 13.1. The summed E-state index contributed by atoms with van der Waals surface area (Å²) in [4.78, 5) is 31.9. The minimum Gasteiger partial charge on any atom is -0.550 e. The first-order valence-corrected chi connectivity index (χ1v) is 9.12. The van der Waals surface area contributed by atoms with Crippen molar-refractivity contribution in [1.29, 1.82) is 0 Å². The molecule has 4 heterocycles. The topological polar surface area (TPSA) is 77.7 Å². The van der Waals surface area contributed by atoms with Crippen molar-refractivity contribution in [3.8, 4) is 0 Å². The minimum absolute atomic E-state index is 0.135. The number of nitrogens with zero attached hydrogens (tertiary/aromatic N) is 3. The van der Waals surface area contributed by atoms with Crippen LogP contribution in [-0.4, -0.2) is 21.9 Å². The van der Waals surface area contributed by atoms with Crippen LogP contribution in [0.2, 0.25) is 0 Å². The van der Waals surface area contributed by atoms with Crippen molar-refractivity contribution >= 4 is 17.4 Å². The number of pyridine rings is 1. The molecule has 0 amide bonds. The molecule has 0 fully saturated rings. The number of aromatic nitrogens is 2. The third-order valence-corrected chi connectivity index (χ3v) is 5.83. The molecule has 6 nitrogen and oxygen atoms in total. The van der Waals surface area contributed by atoms with Crippen LogP contribution in [-0.2, 0) is 17.6 Å². The number of hydrogen-bond acceptors (Lipinski definition) is 5. The van der Waals surface area contributed by atoms with E-state index in [1.165, 1.54) is 4.40 Å². The predicted octanol–water partition coefficient (Wildman–Crippen LogP) is 1.03. The highest BCUT2D eigenvalue weighted by atomic mass is 16.4. The van der Waals surface area contributed by atoms with Gasteiger partial charge in [0.05, 0.1) is 11.6 Å². The molecule has 2 aromatic heterocycles. The van der Waals surface area contributed by atoms with E-state index in [0.29, 0.717) is 23.6 Å². The quantitative estimate of drug-likeness (QED) is 0.648. The van der Waals surface area contributed by atoms with Crippen LogP contribution in [0.1, 0.15) is 28.3 Å². The van der Waals surface area contributed by atoms with Gasteiger partial charge in [0.15, 0.2) is 0 Å². The number of carboxylic acid groups (broad SMARTS) is 1. The van der Waals surface area contributed by atoms with E-state index < -0.39 is 11.9 Å². The lowest BCUT2D eigenvalue weighted by atomic mass is 9.79. The highest BCUT2D eigenvalue weighted by Gasteiger charge is 2.41. The first-order valence-electron chi connectivity index (χ1n) is 9.12. The first kappa shape index (κ1) is 16.1. The average molecular weight is 360 g/mol. The Kier molecular flexibility index (Phi) is 3.37. The van der Waals surface area contributed by atoms with Crippen molar-refractivity contribution in [3.05, 3.63) is 75.2 Å². The van der Waals surface area contributed by atoms with Crippen LogP contribution in [0.25, 0.3) is 5.65 Å². The van der Waals surface area contributed by atoms with Crippen LogP contribution >= 0.6 is 0 Å². The summed E-state index contributed by atoms with van der Waals surface area (Å²) < 4.78 is 1.51. The molecule has 0 N–H and O–H groups in total. The largest absolute Gasteiger partial charge is 0.550 e. The van der Waals surface area contributed by atoms with E-state index in [9.17, 15) is 14.7 Å². The van der Waals surface area contributed by atoms with Gasteiger partial charge in [0.2, 0.25) is 0 Å². The number of anilines is 1. The molecule has 1 aromatic carbocycles. The Morgan fingerprint density at radius 3 is 2.85 bits per heavy atom. The Morgan fingerprint density at radius 2 is 2.04 bits per heavy atom. The zero-order valence-electron chi connectivity index (χ0n) is 14.9. The molecule has 0 unspecified atom stereocenters. The van der Waals surface area contributed by atoms with Crippen LogP contribution in [0.4, 0.5) is 5.82 Å². The van der Waals surface area contributed by atoms with Crippen molar-refractivity contribution in [2.45, 2.75) is 25.8 Å². The molecule has 0 saturated heterocycles. The van der Waals surface area contributed by atoms with Gasteiger partial charge in [-0.05, 0) is 42.5 Å². The number of rotatable bonds is 1. The molecule has 2 aliphatic heterocycles. The Hall–Kier alpha value is -3.15. The summed E-state index contributed by atoms with van der Waals surface area (Å²) in [6.07, 6.45) is 2.61. The summed E-state index contributed by atoms with van der Waals surface area (Å²) in [5, 5.41) is 12.0. The van der Waals surface area contributed by atoms with E-state index in [4.69, 9.17) is 4.98 Å². The lowest BCUT2D eigenvalue weighted by molar-refractivity contribution is -0.312. The van der Waals surface area contributed by atoms with Gasteiger partial charge in [-0.1, -0.05) is 30.3 Å². The standard InChI is InChI=1S/C21H19N3O3/c1-12-5-4-9-24-18(12)22-19-16(20(24)25)11-15(21(26)27)17-14-7-3-2-6-13(14)8-10-23(17)19/h2-7,9,15,17H,8,10-11H2,1H3,(H,26,27)/p-1/t15-,17-/m0/s1. The van der Waals surface area contributed by atoms with E-state index in [1.807, 2.05) is 42.2 Å². The Bertz CT molecular complexity index is 1150. The molecule has 0 radical (unpaired) electrons. The lowest BCUT2D eigenvalue weighted by Gasteiger charge is -2.46. The van der Waals surface area contributed by atoms with Crippen molar-refractivity contribution in [2.24, 2.45) is 5.92 Å². The number of carbonyl (C=O) groups is 1. The molecule has 3 aromatic rings. The Balaban J connectivity index is 1.80. The normalized spacial score (nSPS) is 20.7. The van der Waals surface area contributed by atoms with Gasteiger partial charge < -0.3 is 14.8 Å². The second-order valence-corrected chi connectivity index (χ2v) is 7.32. The number of carbonyl (C=O) groups excluding carboxylic acids is 1. The molecule has 2 atom stereocenters. The van der Waals surface area contributed by atoms with Gasteiger partial charge in [-0.15, -0.1) is 0 Å². The third-order valence-electron chi connectivity index (χ3n) is 5.83. The fourth-order valence-electron chi connectivity index (χ4n) is 4.55. The van der Waals surface area contributed by atoms with Crippen LogP contribution in [0.15, 0.2) is 47.4 Å². The Morgan fingerprint density at radius 1 is 1.22 bits per heavy atom. The van der Waals surface area contributed by atoms with Gasteiger partial charge in [0.25, 0.3) is 5.56 Å². The highest BCUT2D eigenvalue weighted by Crippen LogP contribution is 2.43. The number of aryl methyl sites for hydroxylation is 1. The zero-order valence-corrected chi connectivity index (χ0v) is 14.9. The van der Waals surface area contributed by atoms with Gasteiger partial charge in [0.1, 0.15) is 11.5 Å². The summed E-state index contributed by atoms with van der Waals surface area (Å²) in [7, 11) is 0. The number of fused-ring (bicyclic) bond motifs is 6. The smallest absolute Gasteiger partial charge is 0.263 e. The number of benzene rings is 1. The van der Waals surface area contributed by atoms with E-state index in [0.717, 1.165) is 23.1 Å². The average Bonchev–Trinajstić information content (AvgIpc) is 2.68. The van der Waals surface area contributed by atoms with Crippen molar-refractivity contribution in [2.75, 3.05) is 11.4 Å². The fourth-order valence-corrected chi connectivity index (χ4v) is 4.55. The van der Waals surface area contributed by atoms with E-state index >= 15 is 0 Å². The monoisotopic (exact) mass is 360 g/mol. The van der Waals surface area contributed by atoms with E-state index in [1.54, 1.807) is 12.3 Å². The van der Waals surface area contributed by atoms with E-state index in [2.05, 4.69) is 0 Å². The van der Waals surface area contributed by atoms with Crippen LogP contribution in [0, 0.1) is 12.8 Å². The summed E-state index contributed by atoms with van der Waals surface area (Å²) >= 11 is 0. The maximum Gasteiger partial charge on any atom is 0.263 e. The summed E-state index contributed by atoms with van der Waals surface area (Å²) in [5.41, 5.74) is 3.95. The second-order valence-electron chi connectivity index (χ2n) is 7.32. The summed E-state index contributed by atoms with van der Waals surface area (Å²) in [6.45, 7) is 2.55. The second kappa shape index (κ2) is 5.67. The molecule has 0 aliphatic carbocycles. The maximum atomic E-state index is 13.1.